The second kappa shape index (κ2) is 4.51. The predicted octanol–water partition coefficient (Wildman–Crippen LogP) is 1.46. The van der Waals surface area contributed by atoms with E-state index >= 15 is 0 Å². The molecule has 15 heavy (non-hydrogen) atoms. The van der Waals surface area contributed by atoms with Crippen molar-refractivity contribution in [3.63, 3.8) is 0 Å². The Labute approximate surface area is 93.0 Å². The third-order valence-electron chi connectivity index (χ3n) is 2.33. The summed E-state index contributed by atoms with van der Waals surface area (Å²) in [5.74, 6) is 0.827. The highest BCUT2D eigenvalue weighted by molar-refractivity contribution is 7.06. The largest absolute Gasteiger partial charge is 0.286 e. The summed E-state index contributed by atoms with van der Waals surface area (Å²) in [6, 6.07) is 2.18. The zero-order chi connectivity index (χ0) is 10.7. The first-order chi connectivity index (χ1) is 7.29. The molecule has 0 unspecified atom stereocenters. The van der Waals surface area contributed by atoms with Gasteiger partial charge in [0.15, 0.2) is 0 Å². The van der Waals surface area contributed by atoms with Gasteiger partial charge in [0.25, 0.3) is 0 Å². The van der Waals surface area contributed by atoms with Crippen LogP contribution in [0.15, 0.2) is 6.08 Å². The standard InChI is InChI=1S/C10H12N4S/c1-8-12-10(15-13-8)9-3-2-5-14(7-9)6-4-11/h3H,2,5-7H2,1H3. The average Bonchev–Trinajstić information content (AvgIpc) is 2.66. The van der Waals surface area contributed by atoms with Crippen LogP contribution in [0, 0.1) is 18.3 Å². The molecule has 0 spiro atoms. The normalized spacial score (nSPS) is 17.2. The van der Waals surface area contributed by atoms with Crippen molar-refractivity contribution in [2.24, 2.45) is 0 Å². The minimum Gasteiger partial charge on any atom is -0.286 e. The van der Waals surface area contributed by atoms with Gasteiger partial charge in [-0.1, -0.05) is 6.08 Å². The fourth-order valence-electron chi connectivity index (χ4n) is 1.62. The van der Waals surface area contributed by atoms with Crippen LogP contribution < -0.4 is 0 Å². The first kappa shape index (κ1) is 10.3. The van der Waals surface area contributed by atoms with Gasteiger partial charge in [-0.15, -0.1) is 0 Å². The predicted molar refractivity (Wildman–Crippen MR) is 59.3 cm³/mol. The van der Waals surface area contributed by atoms with Gasteiger partial charge in [-0.2, -0.15) is 9.64 Å². The topological polar surface area (TPSA) is 52.8 Å². The molecule has 0 amide bonds. The van der Waals surface area contributed by atoms with Crippen molar-refractivity contribution < 1.29 is 0 Å². The second-order valence-corrected chi connectivity index (χ2v) is 4.29. The highest BCUT2D eigenvalue weighted by Gasteiger charge is 2.15. The monoisotopic (exact) mass is 220 g/mol. The fraction of sp³-hybridized carbons (Fsp3) is 0.500. The first-order valence-electron chi connectivity index (χ1n) is 4.88. The van der Waals surface area contributed by atoms with Gasteiger partial charge < -0.3 is 0 Å². The highest BCUT2D eigenvalue weighted by atomic mass is 32.1. The SMILES string of the molecule is Cc1nsc(C2=CCCN(CC#N)C2)n1. The minimum absolute atomic E-state index is 0.495. The Morgan fingerprint density at radius 1 is 1.67 bits per heavy atom. The maximum Gasteiger partial charge on any atom is 0.140 e. The lowest BCUT2D eigenvalue weighted by Gasteiger charge is -2.23. The molecule has 2 heterocycles. The summed E-state index contributed by atoms with van der Waals surface area (Å²) in [6.07, 6.45) is 3.20. The van der Waals surface area contributed by atoms with E-state index in [4.69, 9.17) is 5.26 Å². The molecule has 0 aliphatic carbocycles. The Morgan fingerprint density at radius 2 is 2.53 bits per heavy atom. The summed E-state index contributed by atoms with van der Waals surface area (Å²) in [7, 11) is 0. The molecule has 0 bridgehead atoms. The van der Waals surface area contributed by atoms with Crippen LogP contribution in [0.3, 0.4) is 0 Å². The van der Waals surface area contributed by atoms with Gasteiger partial charge >= 0.3 is 0 Å². The number of aryl methyl sites for hydroxylation is 1. The zero-order valence-corrected chi connectivity index (χ0v) is 9.42. The first-order valence-corrected chi connectivity index (χ1v) is 5.66. The van der Waals surface area contributed by atoms with Crippen molar-refractivity contribution in [1.29, 1.82) is 5.26 Å². The Bertz CT molecular complexity index is 415. The van der Waals surface area contributed by atoms with E-state index < -0.39 is 0 Å². The van der Waals surface area contributed by atoms with Gasteiger partial charge in [-0.05, 0) is 30.5 Å². The molecule has 0 saturated heterocycles. The van der Waals surface area contributed by atoms with Gasteiger partial charge in [0.05, 0.1) is 12.6 Å². The van der Waals surface area contributed by atoms with Gasteiger partial charge in [0.1, 0.15) is 10.8 Å². The maximum atomic E-state index is 8.64. The molecule has 78 valence electrons. The molecule has 0 aromatic carbocycles. The Kier molecular flexibility index (Phi) is 3.09. The number of hydrogen-bond acceptors (Lipinski definition) is 5. The van der Waals surface area contributed by atoms with E-state index in [2.05, 4.69) is 26.4 Å². The lowest BCUT2D eigenvalue weighted by Crippen LogP contribution is -2.29. The molecule has 0 fully saturated rings. The summed E-state index contributed by atoms with van der Waals surface area (Å²) in [5, 5.41) is 9.64. The molecular formula is C10H12N4S. The fourth-order valence-corrected chi connectivity index (χ4v) is 2.32. The minimum atomic E-state index is 0.495. The van der Waals surface area contributed by atoms with E-state index in [1.54, 1.807) is 0 Å². The van der Waals surface area contributed by atoms with Gasteiger partial charge in [-0.25, -0.2) is 4.98 Å². The number of rotatable bonds is 2. The Hall–Kier alpha value is -1.25. The summed E-state index contributed by atoms with van der Waals surface area (Å²) in [6.45, 7) is 4.18. The number of nitriles is 1. The molecule has 2 rings (SSSR count). The van der Waals surface area contributed by atoms with Crippen molar-refractivity contribution in [2.75, 3.05) is 19.6 Å². The van der Waals surface area contributed by atoms with Crippen molar-refractivity contribution in [1.82, 2.24) is 14.3 Å². The summed E-state index contributed by atoms with van der Waals surface area (Å²) >= 11 is 1.44. The molecule has 4 nitrogen and oxygen atoms in total. The summed E-state index contributed by atoms with van der Waals surface area (Å²) in [5.41, 5.74) is 1.21. The van der Waals surface area contributed by atoms with Crippen LogP contribution >= 0.6 is 11.5 Å². The molecular weight excluding hydrogens is 208 g/mol. The van der Waals surface area contributed by atoms with Gasteiger partial charge in [0, 0.05) is 13.1 Å². The lowest BCUT2D eigenvalue weighted by atomic mass is 10.1. The smallest absolute Gasteiger partial charge is 0.140 e. The third kappa shape index (κ3) is 2.41. The summed E-state index contributed by atoms with van der Waals surface area (Å²) < 4.78 is 4.17. The van der Waals surface area contributed by atoms with Crippen LogP contribution in [0.1, 0.15) is 17.3 Å². The van der Waals surface area contributed by atoms with E-state index in [0.29, 0.717) is 6.54 Å². The summed E-state index contributed by atoms with van der Waals surface area (Å²) in [4.78, 5) is 6.49. The molecule has 0 N–H and O–H groups in total. The zero-order valence-electron chi connectivity index (χ0n) is 8.60. The van der Waals surface area contributed by atoms with Gasteiger partial charge in [0.2, 0.25) is 0 Å². The molecule has 1 aromatic heterocycles. The number of aromatic nitrogens is 2. The van der Waals surface area contributed by atoms with Crippen LogP contribution in [0.2, 0.25) is 0 Å². The number of nitrogens with zero attached hydrogens (tertiary/aromatic N) is 4. The molecule has 1 aromatic rings. The third-order valence-corrected chi connectivity index (χ3v) is 3.21. The van der Waals surface area contributed by atoms with E-state index in [1.165, 1.54) is 17.1 Å². The molecule has 5 heteroatoms. The van der Waals surface area contributed by atoms with Crippen molar-refractivity contribution >= 4 is 17.1 Å². The average molecular weight is 220 g/mol. The highest BCUT2D eigenvalue weighted by Crippen LogP contribution is 2.21. The quantitative estimate of drug-likeness (QED) is 0.708. The van der Waals surface area contributed by atoms with Crippen LogP contribution in [0.5, 0.6) is 0 Å². The van der Waals surface area contributed by atoms with Gasteiger partial charge in [-0.3, -0.25) is 4.90 Å². The maximum absolute atomic E-state index is 8.64. The van der Waals surface area contributed by atoms with Crippen LogP contribution in [-0.2, 0) is 0 Å². The van der Waals surface area contributed by atoms with E-state index in [9.17, 15) is 0 Å². The molecule has 0 atom stereocenters. The van der Waals surface area contributed by atoms with Crippen molar-refractivity contribution in [3.05, 3.63) is 16.9 Å². The second-order valence-electron chi connectivity index (χ2n) is 3.53. The Morgan fingerprint density at radius 3 is 3.20 bits per heavy atom. The van der Waals surface area contributed by atoms with Crippen molar-refractivity contribution in [3.8, 4) is 6.07 Å². The Balaban J connectivity index is 2.11. The number of hydrogen-bond donors (Lipinski definition) is 0. The van der Waals surface area contributed by atoms with E-state index in [0.717, 1.165) is 30.3 Å². The van der Waals surface area contributed by atoms with Crippen molar-refractivity contribution in [2.45, 2.75) is 13.3 Å². The van der Waals surface area contributed by atoms with Crippen LogP contribution in [-0.4, -0.2) is 33.9 Å². The molecule has 0 radical (unpaired) electrons. The van der Waals surface area contributed by atoms with Crippen LogP contribution in [0.4, 0.5) is 0 Å². The molecule has 1 aliphatic heterocycles. The lowest BCUT2D eigenvalue weighted by molar-refractivity contribution is 0.341. The van der Waals surface area contributed by atoms with Crippen LogP contribution in [0.25, 0.3) is 5.57 Å². The van der Waals surface area contributed by atoms with E-state index in [1.807, 2.05) is 6.92 Å². The van der Waals surface area contributed by atoms with E-state index in [-0.39, 0.29) is 0 Å². The molecule has 0 saturated carbocycles. The molecule has 1 aliphatic rings.